The van der Waals surface area contributed by atoms with E-state index in [1.165, 1.54) is 42.5 Å². The number of phenols is 1. The molecule has 5 rings (SSSR count). The normalized spacial score (nSPS) is 33.1. The Morgan fingerprint density at radius 3 is 2.96 bits per heavy atom. The van der Waals surface area contributed by atoms with Crippen molar-refractivity contribution in [3.8, 4) is 5.75 Å². The summed E-state index contributed by atoms with van der Waals surface area (Å²) in [7, 11) is 1.91. The molecule has 1 heterocycles. The highest BCUT2D eigenvalue weighted by Gasteiger charge is 2.53. The summed E-state index contributed by atoms with van der Waals surface area (Å²) in [6.45, 7) is 2.42. The second kappa shape index (κ2) is 6.57. The Bertz CT molecular complexity index is 959. The summed E-state index contributed by atoms with van der Waals surface area (Å²) in [6.07, 6.45) is 12.6. The Morgan fingerprint density at radius 2 is 2.14 bits per heavy atom. The Balaban J connectivity index is 1.39. The van der Waals surface area contributed by atoms with Crippen molar-refractivity contribution in [1.82, 2.24) is 9.78 Å². The molecule has 1 aromatic carbocycles. The number of hydrogen-bond donors (Lipinski definition) is 1. The van der Waals surface area contributed by atoms with E-state index in [0.717, 1.165) is 24.3 Å². The van der Waals surface area contributed by atoms with Gasteiger partial charge in [0.1, 0.15) is 5.75 Å². The summed E-state index contributed by atoms with van der Waals surface area (Å²) < 4.78 is 1.78. The molecule has 5 nitrogen and oxygen atoms in total. The van der Waals surface area contributed by atoms with Crippen LogP contribution in [0.25, 0.3) is 0 Å². The van der Waals surface area contributed by atoms with Gasteiger partial charge in [-0.2, -0.15) is 15.3 Å². The lowest BCUT2D eigenvalue weighted by Crippen LogP contribution is -2.42. The van der Waals surface area contributed by atoms with Gasteiger partial charge in [0.05, 0.1) is 12.4 Å². The highest BCUT2D eigenvalue weighted by molar-refractivity contribution is 5.93. The van der Waals surface area contributed by atoms with Crippen molar-refractivity contribution in [2.24, 2.45) is 34.5 Å². The number of aromatic hydroxyl groups is 1. The molecule has 28 heavy (non-hydrogen) atoms. The van der Waals surface area contributed by atoms with Crippen molar-refractivity contribution in [3.63, 3.8) is 0 Å². The summed E-state index contributed by atoms with van der Waals surface area (Å²) in [6, 6.07) is 6.02. The van der Waals surface area contributed by atoms with Crippen LogP contribution >= 0.6 is 0 Å². The van der Waals surface area contributed by atoms with E-state index in [1.54, 1.807) is 4.68 Å². The molecular formula is C23H28N4O. The molecule has 3 aliphatic rings. The lowest BCUT2D eigenvalue weighted by molar-refractivity contribution is 0.0955. The van der Waals surface area contributed by atoms with Crippen LogP contribution in [0.3, 0.4) is 0 Å². The van der Waals surface area contributed by atoms with Crippen LogP contribution in [0.15, 0.2) is 40.8 Å². The Hall–Kier alpha value is -2.43. The average Bonchev–Trinajstić information content (AvgIpc) is 3.24. The summed E-state index contributed by atoms with van der Waals surface area (Å²) in [5.41, 5.74) is 5.30. The van der Waals surface area contributed by atoms with Gasteiger partial charge in [-0.05, 0) is 79.5 Å². The minimum atomic E-state index is 0.182. The van der Waals surface area contributed by atoms with E-state index < -0.39 is 0 Å². The first-order chi connectivity index (χ1) is 13.5. The number of aryl methyl sites for hydroxylation is 2. The smallest absolute Gasteiger partial charge is 0.115 e. The number of phenolic OH excluding ortho intramolecular Hbond substituents is 1. The molecule has 0 radical (unpaired) electrons. The topological polar surface area (TPSA) is 62.8 Å². The fourth-order valence-corrected chi connectivity index (χ4v) is 6.19. The summed E-state index contributed by atoms with van der Waals surface area (Å²) in [4.78, 5) is 0. The second-order valence-corrected chi connectivity index (χ2v) is 9.03. The molecule has 0 amide bonds. The SMILES string of the molecule is Cn1cc(/C=N\N=C2\CC[C@@H]3[C@@H]4CCc5cc(O)ccc5[C@H]4CC[C@]23C)cn1. The van der Waals surface area contributed by atoms with Crippen molar-refractivity contribution in [2.75, 3.05) is 0 Å². The van der Waals surface area contributed by atoms with Gasteiger partial charge in [0.2, 0.25) is 0 Å². The maximum absolute atomic E-state index is 9.84. The van der Waals surface area contributed by atoms with Gasteiger partial charge in [0.15, 0.2) is 0 Å². The molecule has 3 aliphatic carbocycles. The quantitative estimate of drug-likeness (QED) is 0.621. The van der Waals surface area contributed by atoms with Crippen LogP contribution in [-0.2, 0) is 13.5 Å². The van der Waals surface area contributed by atoms with Gasteiger partial charge in [0, 0.05) is 29.9 Å². The molecule has 0 unspecified atom stereocenters. The zero-order chi connectivity index (χ0) is 19.3. The molecule has 0 aliphatic heterocycles. The van der Waals surface area contributed by atoms with Gasteiger partial charge < -0.3 is 5.11 Å². The molecule has 5 heteroatoms. The maximum Gasteiger partial charge on any atom is 0.115 e. The van der Waals surface area contributed by atoms with Gasteiger partial charge in [-0.3, -0.25) is 4.68 Å². The molecule has 4 atom stereocenters. The minimum absolute atomic E-state index is 0.182. The molecule has 146 valence electrons. The van der Waals surface area contributed by atoms with Crippen molar-refractivity contribution < 1.29 is 5.11 Å². The number of fused-ring (bicyclic) bond motifs is 5. The standard InChI is InChI=1S/C23H28N4O/c1-23-10-9-19-18-6-4-17(28)11-16(18)3-5-20(19)21(23)7-8-22(23)26-24-12-15-13-25-27(2)14-15/h4,6,11-14,19-21,28H,3,5,7-10H2,1-2H3/b24-12-,26-22-/t19-,20-,21-,23+/m1/s1. The summed E-state index contributed by atoms with van der Waals surface area (Å²) in [5.74, 6) is 2.46. The third-order valence-electron chi connectivity index (χ3n) is 7.56. The van der Waals surface area contributed by atoms with Crippen molar-refractivity contribution in [1.29, 1.82) is 0 Å². The lowest BCUT2D eigenvalue weighted by atomic mass is 9.55. The Kier molecular flexibility index (Phi) is 4.14. The number of benzene rings is 1. The highest BCUT2D eigenvalue weighted by Crippen LogP contribution is 2.60. The summed E-state index contributed by atoms with van der Waals surface area (Å²) in [5, 5.41) is 23.1. The van der Waals surface area contributed by atoms with Crippen LogP contribution < -0.4 is 0 Å². The van der Waals surface area contributed by atoms with Gasteiger partial charge in [-0.25, -0.2) is 0 Å². The zero-order valence-electron chi connectivity index (χ0n) is 16.7. The van der Waals surface area contributed by atoms with Crippen LogP contribution in [0.5, 0.6) is 5.75 Å². The predicted molar refractivity (Wildman–Crippen MR) is 111 cm³/mol. The van der Waals surface area contributed by atoms with Crippen molar-refractivity contribution >= 4 is 11.9 Å². The Morgan fingerprint density at radius 1 is 1.25 bits per heavy atom. The van der Waals surface area contributed by atoms with E-state index in [-0.39, 0.29) is 5.41 Å². The first kappa shape index (κ1) is 17.7. The molecule has 1 aromatic heterocycles. The van der Waals surface area contributed by atoms with Crippen LogP contribution in [0, 0.1) is 17.3 Å². The zero-order valence-corrected chi connectivity index (χ0v) is 16.7. The van der Waals surface area contributed by atoms with E-state index in [9.17, 15) is 5.11 Å². The lowest BCUT2D eigenvalue weighted by Gasteiger charge is -2.49. The average molecular weight is 377 g/mol. The van der Waals surface area contributed by atoms with Gasteiger partial charge in [-0.1, -0.05) is 13.0 Å². The van der Waals surface area contributed by atoms with E-state index in [4.69, 9.17) is 5.10 Å². The third-order valence-corrected chi connectivity index (χ3v) is 7.56. The number of rotatable bonds is 2. The second-order valence-electron chi connectivity index (χ2n) is 9.03. The van der Waals surface area contributed by atoms with Crippen molar-refractivity contribution in [3.05, 3.63) is 47.3 Å². The fraction of sp³-hybridized carbons (Fsp3) is 0.522. The minimum Gasteiger partial charge on any atom is -0.508 e. The molecular weight excluding hydrogens is 348 g/mol. The first-order valence-electron chi connectivity index (χ1n) is 10.5. The first-order valence-corrected chi connectivity index (χ1v) is 10.5. The molecule has 2 saturated carbocycles. The number of nitrogens with zero attached hydrogens (tertiary/aromatic N) is 4. The number of aromatic nitrogens is 2. The van der Waals surface area contributed by atoms with Crippen LogP contribution in [-0.4, -0.2) is 26.8 Å². The number of hydrogen-bond acceptors (Lipinski definition) is 4. The van der Waals surface area contributed by atoms with Crippen LogP contribution in [0.4, 0.5) is 0 Å². The van der Waals surface area contributed by atoms with E-state index >= 15 is 0 Å². The largest absolute Gasteiger partial charge is 0.508 e. The van der Waals surface area contributed by atoms with E-state index in [2.05, 4.69) is 23.2 Å². The molecule has 0 saturated heterocycles. The molecule has 1 N–H and O–H groups in total. The van der Waals surface area contributed by atoms with Crippen LogP contribution in [0.2, 0.25) is 0 Å². The molecule has 0 spiro atoms. The van der Waals surface area contributed by atoms with Crippen LogP contribution in [0.1, 0.15) is 61.6 Å². The Labute approximate surface area is 166 Å². The maximum atomic E-state index is 9.84. The van der Waals surface area contributed by atoms with E-state index in [0.29, 0.717) is 17.6 Å². The third kappa shape index (κ3) is 2.79. The monoisotopic (exact) mass is 376 g/mol. The highest BCUT2D eigenvalue weighted by atomic mass is 16.3. The van der Waals surface area contributed by atoms with E-state index in [1.807, 2.05) is 37.8 Å². The molecule has 2 aromatic rings. The summed E-state index contributed by atoms with van der Waals surface area (Å²) >= 11 is 0. The van der Waals surface area contributed by atoms with Crippen molar-refractivity contribution in [2.45, 2.75) is 51.4 Å². The molecule has 0 bridgehead atoms. The van der Waals surface area contributed by atoms with Gasteiger partial charge in [-0.15, -0.1) is 0 Å². The fourth-order valence-electron chi connectivity index (χ4n) is 6.19. The van der Waals surface area contributed by atoms with Gasteiger partial charge >= 0.3 is 0 Å². The predicted octanol–water partition coefficient (Wildman–Crippen LogP) is 4.46. The van der Waals surface area contributed by atoms with Gasteiger partial charge in [0.25, 0.3) is 0 Å². The molecule has 2 fully saturated rings.